The Hall–Kier alpha value is -1.62. The fourth-order valence-corrected chi connectivity index (χ4v) is 2.33. The van der Waals surface area contributed by atoms with Gasteiger partial charge in [0.2, 0.25) is 5.91 Å². The molecule has 0 radical (unpaired) electrons. The molecule has 0 saturated heterocycles. The number of benzene rings is 1. The molecule has 0 aliphatic rings. The molecule has 1 heterocycles. The number of aromatic nitrogens is 1. The Morgan fingerprint density at radius 1 is 1.59 bits per heavy atom. The number of nitrogen functional groups attached to an aromatic ring is 1. The van der Waals surface area contributed by atoms with E-state index in [-0.39, 0.29) is 11.8 Å². The van der Waals surface area contributed by atoms with E-state index in [1.54, 1.807) is 0 Å². The van der Waals surface area contributed by atoms with Crippen LogP contribution in [0.25, 0.3) is 10.2 Å². The van der Waals surface area contributed by atoms with Crippen LogP contribution in [0, 0.1) is 5.92 Å². The van der Waals surface area contributed by atoms with Crippen molar-refractivity contribution in [3.05, 3.63) is 18.2 Å². The SMILES string of the molecule is CCC(C)C(=O)Nc1nc2ccc(N)cc2s1. The van der Waals surface area contributed by atoms with E-state index in [4.69, 9.17) is 5.73 Å². The summed E-state index contributed by atoms with van der Waals surface area (Å²) in [5.74, 6) is 0.0200. The summed E-state index contributed by atoms with van der Waals surface area (Å²) in [6.07, 6.45) is 0.823. The molecule has 0 saturated carbocycles. The molecular weight excluding hydrogens is 234 g/mol. The monoisotopic (exact) mass is 249 g/mol. The molecule has 3 N–H and O–H groups in total. The average molecular weight is 249 g/mol. The molecule has 90 valence electrons. The summed E-state index contributed by atoms with van der Waals surface area (Å²) in [5.41, 5.74) is 7.27. The lowest BCUT2D eigenvalue weighted by molar-refractivity contribution is -0.119. The first-order valence-corrected chi connectivity index (χ1v) is 6.38. The van der Waals surface area contributed by atoms with Crippen LogP contribution in [0.2, 0.25) is 0 Å². The molecule has 4 nitrogen and oxygen atoms in total. The minimum Gasteiger partial charge on any atom is -0.399 e. The molecule has 0 aliphatic heterocycles. The molecule has 0 fully saturated rings. The highest BCUT2D eigenvalue weighted by Gasteiger charge is 2.13. The van der Waals surface area contributed by atoms with Gasteiger partial charge in [-0.1, -0.05) is 25.2 Å². The second kappa shape index (κ2) is 4.71. The van der Waals surface area contributed by atoms with Crippen molar-refractivity contribution in [2.45, 2.75) is 20.3 Å². The second-order valence-corrected chi connectivity index (χ2v) is 5.08. The third-order valence-electron chi connectivity index (χ3n) is 2.70. The van der Waals surface area contributed by atoms with Crippen LogP contribution in [-0.4, -0.2) is 10.9 Å². The van der Waals surface area contributed by atoms with E-state index < -0.39 is 0 Å². The maximum absolute atomic E-state index is 11.7. The smallest absolute Gasteiger partial charge is 0.228 e. The molecule has 1 aromatic heterocycles. The van der Waals surface area contributed by atoms with Crippen LogP contribution >= 0.6 is 11.3 Å². The lowest BCUT2D eigenvalue weighted by atomic mass is 10.1. The first-order chi connectivity index (χ1) is 8.10. The summed E-state index contributed by atoms with van der Waals surface area (Å²) < 4.78 is 0.990. The highest BCUT2D eigenvalue weighted by Crippen LogP contribution is 2.27. The van der Waals surface area contributed by atoms with E-state index in [0.29, 0.717) is 10.8 Å². The van der Waals surface area contributed by atoms with Gasteiger partial charge >= 0.3 is 0 Å². The average Bonchev–Trinajstić information content (AvgIpc) is 2.69. The van der Waals surface area contributed by atoms with Gasteiger partial charge in [-0.2, -0.15) is 0 Å². The molecule has 1 atom stereocenters. The van der Waals surface area contributed by atoms with Crippen molar-refractivity contribution in [1.29, 1.82) is 0 Å². The van der Waals surface area contributed by atoms with Crippen molar-refractivity contribution >= 4 is 38.3 Å². The molecule has 2 rings (SSSR count). The van der Waals surface area contributed by atoms with Gasteiger partial charge in [0.15, 0.2) is 5.13 Å². The summed E-state index contributed by atoms with van der Waals surface area (Å²) in [4.78, 5) is 16.1. The molecular formula is C12H15N3OS. The maximum atomic E-state index is 11.7. The van der Waals surface area contributed by atoms with Crippen molar-refractivity contribution in [2.24, 2.45) is 5.92 Å². The van der Waals surface area contributed by atoms with Crippen LogP contribution in [0.3, 0.4) is 0 Å². The zero-order valence-electron chi connectivity index (χ0n) is 9.86. The number of carbonyl (C=O) groups excluding carboxylic acids is 1. The lowest BCUT2D eigenvalue weighted by Crippen LogP contribution is -2.19. The third kappa shape index (κ3) is 2.55. The minimum atomic E-state index is 0.00656. The summed E-state index contributed by atoms with van der Waals surface area (Å²) in [6.45, 7) is 3.89. The van der Waals surface area contributed by atoms with Crippen molar-refractivity contribution < 1.29 is 4.79 Å². The molecule has 0 bridgehead atoms. The Bertz CT molecular complexity index is 550. The molecule has 2 aromatic rings. The van der Waals surface area contributed by atoms with E-state index in [2.05, 4.69) is 10.3 Å². The maximum Gasteiger partial charge on any atom is 0.228 e. The number of rotatable bonds is 3. The fourth-order valence-electron chi connectivity index (χ4n) is 1.41. The standard InChI is InChI=1S/C12H15N3OS/c1-3-7(2)11(16)15-12-14-9-5-4-8(13)6-10(9)17-12/h4-7H,3,13H2,1-2H3,(H,14,15,16). The Labute approximate surface area is 104 Å². The van der Waals surface area contributed by atoms with Crippen LogP contribution < -0.4 is 11.1 Å². The van der Waals surface area contributed by atoms with Gasteiger partial charge in [0.25, 0.3) is 0 Å². The number of nitrogens with two attached hydrogens (primary N) is 1. The van der Waals surface area contributed by atoms with Crippen LogP contribution in [0.4, 0.5) is 10.8 Å². The van der Waals surface area contributed by atoms with E-state index >= 15 is 0 Å². The Morgan fingerprint density at radius 3 is 3.06 bits per heavy atom. The number of fused-ring (bicyclic) bond motifs is 1. The normalized spacial score (nSPS) is 12.6. The molecule has 17 heavy (non-hydrogen) atoms. The first kappa shape index (κ1) is 11.9. The van der Waals surface area contributed by atoms with E-state index in [1.807, 2.05) is 32.0 Å². The van der Waals surface area contributed by atoms with Gasteiger partial charge in [0.1, 0.15) is 0 Å². The van der Waals surface area contributed by atoms with Gasteiger partial charge in [-0.05, 0) is 24.6 Å². The van der Waals surface area contributed by atoms with E-state index in [9.17, 15) is 4.79 Å². The topological polar surface area (TPSA) is 68.0 Å². The van der Waals surface area contributed by atoms with Gasteiger partial charge in [-0.15, -0.1) is 0 Å². The first-order valence-electron chi connectivity index (χ1n) is 5.57. The summed E-state index contributed by atoms with van der Waals surface area (Å²) in [5, 5.41) is 3.46. The zero-order valence-corrected chi connectivity index (χ0v) is 10.7. The number of thiazole rings is 1. The van der Waals surface area contributed by atoms with Crippen LogP contribution in [-0.2, 0) is 4.79 Å². The predicted molar refractivity (Wildman–Crippen MR) is 72.1 cm³/mol. The largest absolute Gasteiger partial charge is 0.399 e. The summed E-state index contributed by atoms with van der Waals surface area (Å²) >= 11 is 1.44. The molecule has 1 unspecified atom stereocenters. The third-order valence-corrected chi connectivity index (χ3v) is 3.64. The van der Waals surface area contributed by atoms with Crippen molar-refractivity contribution in [3.8, 4) is 0 Å². The van der Waals surface area contributed by atoms with Gasteiger partial charge in [0.05, 0.1) is 10.2 Å². The number of nitrogens with zero attached hydrogens (tertiary/aromatic N) is 1. The quantitative estimate of drug-likeness (QED) is 0.822. The molecule has 0 aliphatic carbocycles. The van der Waals surface area contributed by atoms with Crippen molar-refractivity contribution in [2.75, 3.05) is 11.1 Å². The molecule has 1 aromatic carbocycles. The van der Waals surface area contributed by atoms with Crippen LogP contribution in [0.15, 0.2) is 18.2 Å². The van der Waals surface area contributed by atoms with Gasteiger partial charge in [-0.25, -0.2) is 4.98 Å². The molecule has 0 spiro atoms. The zero-order chi connectivity index (χ0) is 12.4. The lowest BCUT2D eigenvalue weighted by Gasteiger charge is -2.06. The number of amides is 1. The Balaban J connectivity index is 2.22. The number of anilines is 2. The van der Waals surface area contributed by atoms with Gasteiger partial charge in [0, 0.05) is 11.6 Å². The van der Waals surface area contributed by atoms with Crippen molar-refractivity contribution in [1.82, 2.24) is 4.98 Å². The second-order valence-electron chi connectivity index (χ2n) is 4.04. The summed E-state index contributed by atoms with van der Waals surface area (Å²) in [7, 11) is 0. The van der Waals surface area contributed by atoms with E-state index in [0.717, 1.165) is 16.6 Å². The predicted octanol–water partition coefficient (Wildman–Crippen LogP) is 2.86. The molecule has 5 heteroatoms. The Morgan fingerprint density at radius 2 is 2.35 bits per heavy atom. The summed E-state index contributed by atoms with van der Waals surface area (Å²) in [6, 6.07) is 5.54. The highest BCUT2D eigenvalue weighted by molar-refractivity contribution is 7.22. The number of nitrogens with one attached hydrogen (secondary N) is 1. The van der Waals surface area contributed by atoms with Gasteiger partial charge in [-0.3, -0.25) is 4.79 Å². The highest BCUT2D eigenvalue weighted by atomic mass is 32.1. The number of hydrogen-bond donors (Lipinski definition) is 2. The van der Waals surface area contributed by atoms with Gasteiger partial charge < -0.3 is 11.1 Å². The number of hydrogen-bond acceptors (Lipinski definition) is 4. The van der Waals surface area contributed by atoms with Crippen molar-refractivity contribution in [3.63, 3.8) is 0 Å². The van der Waals surface area contributed by atoms with E-state index in [1.165, 1.54) is 11.3 Å². The molecule has 1 amide bonds. The minimum absolute atomic E-state index is 0.00656. The van der Waals surface area contributed by atoms with Crippen LogP contribution in [0.5, 0.6) is 0 Å². The Kier molecular flexibility index (Phi) is 3.28. The number of carbonyl (C=O) groups is 1. The fraction of sp³-hybridized carbons (Fsp3) is 0.333. The van der Waals surface area contributed by atoms with Crippen LogP contribution in [0.1, 0.15) is 20.3 Å².